The van der Waals surface area contributed by atoms with Crippen molar-refractivity contribution in [3.8, 4) is 0 Å². The van der Waals surface area contributed by atoms with Crippen LogP contribution in [0.3, 0.4) is 0 Å². The number of hydrogen-bond donors (Lipinski definition) is 1. The summed E-state index contributed by atoms with van der Waals surface area (Å²) in [6, 6.07) is 0. The fraction of sp³-hybridized carbons (Fsp3) is 0.889. The Bertz CT molecular complexity index is 428. The molecule has 2 amide bonds. The lowest BCUT2D eigenvalue weighted by Crippen LogP contribution is -2.54. The summed E-state index contributed by atoms with van der Waals surface area (Å²) in [7, 11) is 3.45. The molecule has 0 unspecified atom stereocenters. The van der Waals surface area contributed by atoms with E-state index in [0.717, 1.165) is 43.4 Å². The maximum atomic E-state index is 12.8. The van der Waals surface area contributed by atoms with Gasteiger partial charge in [-0.15, -0.1) is 0 Å². The van der Waals surface area contributed by atoms with Gasteiger partial charge in [0.25, 0.3) is 0 Å². The number of rotatable bonds is 7. The van der Waals surface area contributed by atoms with Gasteiger partial charge in [0.2, 0.25) is 11.8 Å². The Morgan fingerprint density at radius 3 is 2.22 bits per heavy atom. The van der Waals surface area contributed by atoms with E-state index >= 15 is 0 Å². The van der Waals surface area contributed by atoms with Crippen molar-refractivity contribution in [2.24, 2.45) is 23.2 Å². The second kappa shape index (κ2) is 6.80. The van der Waals surface area contributed by atoms with E-state index in [-0.39, 0.29) is 23.8 Å². The first-order chi connectivity index (χ1) is 11.0. The highest BCUT2D eigenvalue weighted by atomic mass is 16.5. The van der Waals surface area contributed by atoms with Crippen LogP contribution in [0.4, 0.5) is 0 Å². The largest absolute Gasteiger partial charge is 0.385 e. The summed E-state index contributed by atoms with van der Waals surface area (Å²) in [6.45, 7) is 1.45. The Morgan fingerprint density at radius 2 is 1.70 bits per heavy atom. The third-order valence-corrected chi connectivity index (χ3v) is 6.19. The molecule has 23 heavy (non-hydrogen) atoms. The average molecular weight is 322 g/mol. The molecule has 0 heterocycles. The molecule has 0 radical (unpaired) electrons. The third kappa shape index (κ3) is 3.54. The van der Waals surface area contributed by atoms with E-state index in [0.29, 0.717) is 13.2 Å². The van der Waals surface area contributed by atoms with Crippen LogP contribution >= 0.6 is 0 Å². The predicted octanol–water partition coefficient (Wildman–Crippen LogP) is 1.81. The van der Waals surface area contributed by atoms with Crippen molar-refractivity contribution in [3.63, 3.8) is 0 Å². The van der Waals surface area contributed by atoms with E-state index in [4.69, 9.17) is 4.74 Å². The molecular weight excluding hydrogens is 292 g/mol. The Labute approximate surface area is 139 Å². The molecule has 0 aromatic rings. The zero-order valence-corrected chi connectivity index (χ0v) is 14.5. The number of nitrogens with one attached hydrogen (secondary N) is 1. The summed E-state index contributed by atoms with van der Waals surface area (Å²) >= 11 is 0. The van der Waals surface area contributed by atoms with E-state index < -0.39 is 0 Å². The first-order valence-corrected chi connectivity index (χ1v) is 9.03. The van der Waals surface area contributed by atoms with Gasteiger partial charge in [-0.05, 0) is 62.7 Å². The molecule has 1 N–H and O–H groups in total. The molecule has 130 valence electrons. The lowest BCUT2D eigenvalue weighted by molar-refractivity contribution is -0.147. The maximum absolute atomic E-state index is 12.8. The SMILES string of the molecule is COCCCN(C)C(=O)CNC(=O)C12CC3CC(CC(C3)C1)C2. The Balaban J connectivity index is 1.49. The Hall–Kier alpha value is -1.10. The number of methoxy groups -OCH3 is 1. The summed E-state index contributed by atoms with van der Waals surface area (Å²) in [4.78, 5) is 26.6. The van der Waals surface area contributed by atoms with Gasteiger partial charge in [0, 0.05) is 32.7 Å². The van der Waals surface area contributed by atoms with Crippen molar-refractivity contribution in [1.29, 1.82) is 0 Å². The van der Waals surface area contributed by atoms with Gasteiger partial charge in [0.05, 0.1) is 6.54 Å². The molecule has 0 aliphatic heterocycles. The van der Waals surface area contributed by atoms with Gasteiger partial charge in [-0.3, -0.25) is 9.59 Å². The number of nitrogens with zero attached hydrogens (tertiary/aromatic N) is 1. The highest BCUT2D eigenvalue weighted by Crippen LogP contribution is 2.60. The smallest absolute Gasteiger partial charge is 0.241 e. The summed E-state index contributed by atoms with van der Waals surface area (Å²) in [5.74, 6) is 2.37. The molecule has 4 bridgehead atoms. The van der Waals surface area contributed by atoms with E-state index in [1.54, 1.807) is 19.1 Å². The molecule has 0 spiro atoms. The second-order valence-corrected chi connectivity index (χ2v) is 8.04. The van der Waals surface area contributed by atoms with Gasteiger partial charge in [-0.2, -0.15) is 0 Å². The number of likely N-dealkylation sites (N-methyl/N-ethyl adjacent to an activating group) is 1. The highest BCUT2D eigenvalue weighted by Gasteiger charge is 2.54. The van der Waals surface area contributed by atoms with Gasteiger partial charge >= 0.3 is 0 Å². The van der Waals surface area contributed by atoms with Crippen LogP contribution in [0.25, 0.3) is 0 Å². The first-order valence-electron chi connectivity index (χ1n) is 9.03. The van der Waals surface area contributed by atoms with Crippen LogP contribution < -0.4 is 5.32 Å². The van der Waals surface area contributed by atoms with Crippen LogP contribution in [0.2, 0.25) is 0 Å². The monoisotopic (exact) mass is 322 g/mol. The van der Waals surface area contributed by atoms with E-state index in [1.807, 2.05) is 0 Å². The van der Waals surface area contributed by atoms with Crippen molar-refractivity contribution >= 4 is 11.8 Å². The van der Waals surface area contributed by atoms with Gasteiger partial charge in [0.1, 0.15) is 0 Å². The average Bonchev–Trinajstić information content (AvgIpc) is 2.51. The standard InChI is InChI=1S/C18H30N2O3/c1-20(4-3-5-23-2)16(21)12-19-17(22)18-9-13-6-14(10-18)8-15(7-13)11-18/h13-15H,3-12H2,1-2H3,(H,19,22). The van der Waals surface area contributed by atoms with Crippen molar-refractivity contribution < 1.29 is 14.3 Å². The number of hydrogen-bond acceptors (Lipinski definition) is 3. The van der Waals surface area contributed by atoms with Crippen LogP contribution in [0.5, 0.6) is 0 Å². The Kier molecular flexibility index (Phi) is 4.95. The molecule has 4 aliphatic rings. The minimum atomic E-state index is -0.163. The minimum absolute atomic E-state index is 0.0146. The van der Waals surface area contributed by atoms with Crippen LogP contribution in [-0.4, -0.2) is 50.6 Å². The van der Waals surface area contributed by atoms with Gasteiger partial charge in [-0.25, -0.2) is 0 Å². The van der Waals surface area contributed by atoms with Crippen molar-refractivity contribution in [1.82, 2.24) is 10.2 Å². The normalized spacial score (nSPS) is 34.4. The molecule has 5 heteroatoms. The molecule has 4 aliphatic carbocycles. The topological polar surface area (TPSA) is 58.6 Å². The highest BCUT2D eigenvalue weighted by molar-refractivity contribution is 5.88. The third-order valence-electron chi connectivity index (χ3n) is 6.19. The van der Waals surface area contributed by atoms with Crippen molar-refractivity contribution in [2.45, 2.75) is 44.9 Å². The zero-order chi connectivity index (χ0) is 16.4. The summed E-state index contributed by atoms with van der Waals surface area (Å²) in [5.41, 5.74) is -0.163. The van der Waals surface area contributed by atoms with Gasteiger partial charge in [0.15, 0.2) is 0 Å². The minimum Gasteiger partial charge on any atom is -0.385 e. The second-order valence-electron chi connectivity index (χ2n) is 8.04. The van der Waals surface area contributed by atoms with Crippen LogP contribution in [0.1, 0.15) is 44.9 Å². The number of amides is 2. The van der Waals surface area contributed by atoms with E-state index in [9.17, 15) is 9.59 Å². The summed E-state index contributed by atoms with van der Waals surface area (Å²) in [5, 5.41) is 2.95. The quantitative estimate of drug-likeness (QED) is 0.727. The molecule has 0 atom stereocenters. The molecule has 0 aromatic heterocycles. The predicted molar refractivity (Wildman–Crippen MR) is 87.7 cm³/mol. The number of ether oxygens (including phenoxy) is 1. The van der Waals surface area contributed by atoms with Gasteiger partial charge < -0.3 is 15.0 Å². The van der Waals surface area contributed by atoms with Crippen LogP contribution in [0, 0.1) is 23.2 Å². The van der Waals surface area contributed by atoms with Crippen molar-refractivity contribution in [2.75, 3.05) is 33.9 Å². The zero-order valence-electron chi connectivity index (χ0n) is 14.5. The lowest BCUT2D eigenvalue weighted by atomic mass is 9.49. The summed E-state index contributed by atoms with van der Waals surface area (Å²) in [6.07, 6.45) is 7.94. The molecule has 0 saturated heterocycles. The lowest BCUT2D eigenvalue weighted by Gasteiger charge is -2.55. The van der Waals surface area contributed by atoms with Gasteiger partial charge in [-0.1, -0.05) is 0 Å². The molecule has 0 aromatic carbocycles. The van der Waals surface area contributed by atoms with Crippen LogP contribution in [-0.2, 0) is 14.3 Å². The summed E-state index contributed by atoms with van der Waals surface area (Å²) < 4.78 is 5.00. The van der Waals surface area contributed by atoms with E-state index in [2.05, 4.69) is 5.32 Å². The van der Waals surface area contributed by atoms with E-state index in [1.165, 1.54) is 19.3 Å². The Morgan fingerprint density at radius 1 is 1.13 bits per heavy atom. The van der Waals surface area contributed by atoms with Crippen LogP contribution in [0.15, 0.2) is 0 Å². The first kappa shape index (κ1) is 16.7. The molecule has 5 nitrogen and oxygen atoms in total. The number of carbonyl (C=O) groups is 2. The number of carbonyl (C=O) groups excluding carboxylic acids is 2. The maximum Gasteiger partial charge on any atom is 0.241 e. The fourth-order valence-electron chi connectivity index (χ4n) is 5.44. The molecule has 4 saturated carbocycles. The molecular formula is C18H30N2O3. The molecule has 4 fully saturated rings. The fourth-order valence-corrected chi connectivity index (χ4v) is 5.44. The molecule has 4 rings (SSSR count). The van der Waals surface area contributed by atoms with Crippen molar-refractivity contribution in [3.05, 3.63) is 0 Å².